The number of nitrogens with zero attached hydrogens (tertiary/aromatic N) is 1. The topological polar surface area (TPSA) is 61.1 Å². The Bertz CT molecular complexity index is 496. The molecular formula is C14H17NO2. The smallest absolute Gasteiger partial charge is 0.304 e. The molecule has 0 saturated heterocycles. The van der Waals surface area contributed by atoms with Crippen LogP contribution in [0.4, 0.5) is 0 Å². The van der Waals surface area contributed by atoms with E-state index >= 15 is 0 Å². The summed E-state index contributed by atoms with van der Waals surface area (Å²) in [7, 11) is 0. The van der Waals surface area contributed by atoms with Crippen molar-refractivity contribution < 1.29 is 9.90 Å². The van der Waals surface area contributed by atoms with Crippen LogP contribution in [-0.4, -0.2) is 11.1 Å². The molecule has 3 nitrogen and oxygen atoms in total. The molecule has 0 atom stereocenters. The number of benzene rings is 1. The van der Waals surface area contributed by atoms with Gasteiger partial charge in [-0.2, -0.15) is 5.26 Å². The van der Waals surface area contributed by atoms with Crippen molar-refractivity contribution in [1.29, 1.82) is 5.26 Å². The van der Waals surface area contributed by atoms with E-state index in [9.17, 15) is 4.79 Å². The largest absolute Gasteiger partial charge is 0.481 e. The highest BCUT2D eigenvalue weighted by Crippen LogP contribution is 2.31. The van der Waals surface area contributed by atoms with Crippen LogP contribution in [0.15, 0.2) is 12.1 Å². The quantitative estimate of drug-likeness (QED) is 0.870. The summed E-state index contributed by atoms with van der Waals surface area (Å²) in [5.74, 6) is -0.825. The monoisotopic (exact) mass is 231 g/mol. The zero-order valence-corrected chi connectivity index (χ0v) is 10.7. The average Bonchev–Trinajstić information content (AvgIpc) is 2.15. The molecule has 0 aliphatic rings. The predicted octanol–water partition coefficient (Wildman–Crippen LogP) is 2.93. The van der Waals surface area contributed by atoms with Gasteiger partial charge in [-0.1, -0.05) is 19.9 Å². The van der Waals surface area contributed by atoms with Gasteiger partial charge in [-0.15, -0.1) is 0 Å². The van der Waals surface area contributed by atoms with Gasteiger partial charge in [-0.25, -0.2) is 0 Å². The lowest BCUT2D eigenvalue weighted by Gasteiger charge is -2.26. The maximum absolute atomic E-state index is 10.9. The minimum Gasteiger partial charge on any atom is -0.481 e. The molecule has 1 aromatic rings. The van der Waals surface area contributed by atoms with Gasteiger partial charge in [-0.3, -0.25) is 4.79 Å². The summed E-state index contributed by atoms with van der Waals surface area (Å²) in [5.41, 5.74) is 3.05. The van der Waals surface area contributed by atoms with Crippen LogP contribution >= 0.6 is 0 Å². The zero-order chi connectivity index (χ0) is 13.2. The average molecular weight is 231 g/mol. The number of hydrogen-bond donors (Lipinski definition) is 1. The van der Waals surface area contributed by atoms with Crippen LogP contribution in [0, 0.1) is 25.2 Å². The Balaban J connectivity index is 3.31. The molecule has 17 heavy (non-hydrogen) atoms. The third-order valence-electron chi connectivity index (χ3n) is 3.01. The molecule has 90 valence electrons. The van der Waals surface area contributed by atoms with Crippen molar-refractivity contribution in [2.75, 3.05) is 0 Å². The summed E-state index contributed by atoms with van der Waals surface area (Å²) < 4.78 is 0. The van der Waals surface area contributed by atoms with Crippen molar-refractivity contribution in [3.8, 4) is 6.07 Å². The second-order valence-corrected chi connectivity index (χ2v) is 5.05. The Morgan fingerprint density at radius 1 is 1.35 bits per heavy atom. The molecular weight excluding hydrogens is 214 g/mol. The molecule has 0 spiro atoms. The van der Waals surface area contributed by atoms with Gasteiger partial charge in [0.15, 0.2) is 0 Å². The molecule has 0 heterocycles. The first-order chi connectivity index (χ1) is 7.77. The number of carboxylic acids is 1. The Kier molecular flexibility index (Phi) is 3.57. The van der Waals surface area contributed by atoms with Crippen molar-refractivity contribution in [3.63, 3.8) is 0 Å². The first-order valence-corrected chi connectivity index (χ1v) is 5.51. The minimum absolute atomic E-state index is 0.0573. The normalized spacial score (nSPS) is 11.0. The summed E-state index contributed by atoms with van der Waals surface area (Å²) in [4.78, 5) is 10.9. The van der Waals surface area contributed by atoms with Crippen LogP contribution in [0.1, 0.15) is 42.5 Å². The number of rotatable bonds is 3. The highest BCUT2D eigenvalue weighted by Gasteiger charge is 2.26. The molecule has 0 amide bonds. The van der Waals surface area contributed by atoms with Crippen molar-refractivity contribution >= 4 is 5.97 Å². The summed E-state index contributed by atoms with van der Waals surface area (Å²) in [6.07, 6.45) is 0.0573. The van der Waals surface area contributed by atoms with E-state index in [-0.39, 0.29) is 6.42 Å². The molecule has 0 aromatic heterocycles. The molecule has 1 aromatic carbocycles. The molecule has 0 aliphatic heterocycles. The summed E-state index contributed by atoms with van der Waals surface area (Å²) in [5, 5.41) is 17.9. The lowest BCUT2D eigenvalue weighted by molar-refractivity contribution is -0.138. The van der Waals surface area contributed by atoms with E-state index in [0.29, 0.717) is 5.56 Å². The molecule has 0 aliphatic carbocycles. The Labute approximate surface area is 102 Å². The number of hydrogen-bond acceptors (Lipinski definition) is 2. The van der Waals surface area contributed by atoms with Crippen LogP contribution in [0.5, 0.6) is 0 Å². The van der Waals surface area contributed by atoms with Gasteiger partial charge in [-0.05, 0) is 36.6 Å². The van der Waals surface area contributed by atoms with Crippen molar-refractivity contribution in [2.24, 2.45) is 0 Å². The molecule has 1 N–H and O–H groups in total. The van der Waals surface area contributed by atoms with Gasteiger partial charge < -0.3 is 5.11 Å². The Morgan fingerprint density at radius 3 is 2.41 bits per heavy atom. The molecule has 0 saturated carbocycles. The Hall–Kier alpha value is -1.82. The van der Waals surface area contributed by atoms with E-state index in [2.05, 4.69) is 6.07 Å². The second kappa shape index (κ2) is 4.58. The third-order valence-corrected chi connectivity index (χ3v) is 3.01. The molecule has 0 bridgehead atoms. The maximum atomic E-state index is 10.9. The van der Waals surface area contributed by atoms with Crippen LogP contribution in [0.2, 0.25) is 0 Å². The van der Waals surface area contributed by atoms with Gasteiger partial charge >= 0.3 is 5.97 Å². The molecule has 1 rings (SSSR count). The number of aliphatic carboxylic acids is 1. The highest BCUT2D eigenvalue weighted by atomic mass is 16.4. The fourth-order valence-corrected chi connectivity index (χ4v) is 2.18. The Morgan fingerprint density at radius 2 is 1.94 bits per heavy atom. The second-order valence-electron chi connectivity index (χ2n) is 5.05. The summed E-state index contributed by atoms with van der Waals surface area (Å²) in [6, 6.07) is 5.90. The van der Waals surface area contributed by atoms with Crippen LogP contribution in [0.3, 0.4) is 0 Å². The molecule has 3 heteroatoms. The first kappa shape index (κ1) is 13.2. The SMILES string of the molecule is Cc1cc(C)c(C(C)(C)CC(=O)O)cc1C#N. The number of carboxylic acid groups (broad SMARTS) is 1. The fourth-order valence-electron chi connectivity index (χ4n) is 2.18. The maximum Gasteiger partial charge on any atom is 0.304 e. The lowest BCUT2D eigenvalue weighted by atomic mass is 9.78. The van der Waals surface area contributed by atoms with Crippen molar-refractivity contribution in [3.05, 3.63) is 34.4 Å². The van der Waals surface area contributed by atoms with E-state index in [4.69, 9.17) is 10.4 Å². The van der Waals surface area contributed by atoms with E-state index in [1.165, 1.54) is 0 Å². The zero-order valence-electron chi connectivity index (χ0n) is 10.7. The van der Waals surface area contributed by atoms with Gasteiger partial charge in [0.25, 0.3) is 0 Å². The molecule has 0 fully saturated rings. The number of nitriles is 1. The third kappa shape index (κ3) is 2.85. The predicted molar refractivity (Wildman–Crippen MR) is 65.9 cm³/mol. The van der Waals surface area contributed by atoms with Crippen LogP contribution in [-0.2, 0) is 10.2 Å². The first-order valence-electron chi connectivity index (χ1n) is 5.51. The standard InChI is InChI=1S/C14H17NO2/c1-9-5-10(2)12(6-11(9)8-15)14(3,4)7-13(16)17/h5-6H,7H2,1-4H3,(H,16,17). The lowest BCUT2D eigenvalue weighted by Crippen LogP contribution is -2.23. The van der Waals surface area contributed by atoms with Crippen LogP contribution < -0.4 is 0 Å². The van der Waals surface area contributed by atoms with Gasteiger partial charge in [0, 0.05) is 5.41 Å². The van der Waals surface area contributed by atoms with Gasteiger partial charge in [0.2, 0.25) is 0 Å². The van der Waals surface area contributed by atoms with Gasteiger partial charge in [0.1, 0.15) is 0 Å². The number of aryl methyl sites for hydroxylation is 2. The number of carbonyl (C=O) groups is 1. The van der Waals surface area contributed by atoms with E-state index in [0.717, 1.165) is 16.7 Å². The van der Waals surface area contributed by atoms with Crippen molar-refractivity contribution in [1.82, 2.24) is 0 Å². The summed E-state index contributed by atoms with van der Waals surface area (Å²) in [6.45, 7) is 7.62. The summed E-state index contributed by atoms with van der Waals surface area (Å²) >= 11 is 0. The van der Waals surface area contributed by atoms with E-state index < -0.39 is 11.4 Å². The van der Waals surface area contributed by atoms with E-state index in [1.54, 1.807) is 0 Å². The minimum atomic E-state index is -0.825. The van der Waals surface area contributed by atoms with Crippen molar-refractivity contribution in [2.45, 2.75) is 39.5 Å². The van der Waals surface area contributed by atoms with Gasteiger partial charge in [0.05, 0.1) is 18.1 Å². The van der Waals surface area contributed by atoms with E-state index in [1.807, 2.05) is 39.8 Å². The fraction of sp³-hybridized carbons (Fsp3) is 0.429. The highest BCUT2D eigenvalue weighted by molar-refractivity contribution is 5.69. The van der Waals surface area contributed by atoms with Crippen LogP contribution in [0.25, 0.3) is 0 Å². The molecule has 0 unspecified atom stereocenters. The molecule has 0 radical (unpaired) electrons.